The molecule has 8 atom stereocenters. The van der Waals surface area contributed by atoms with Gasteiger partial charge in [0.15, 0.2) is 24.8 Å². The number of rotatable bonds is 8. The fourth-order valence-corrected chi connectivity index (χ4v) is 4.74. The van der Waals surface area contributed by atoms with E-state index < -0.39 is 72.6 Å². The summed E-state index contributed by atoms with van der Waals surface area (Å²) in [6, 6.07) is 2.66. The van der Waals surface area contributed by atoms with Crippen molar-refractivity contribution >= 4 is 11.6 Å². The zero-order valence-corrected chi connectivity index (χ0v) is 22.5. The number of aliphatic hydroxyl groups excluding tert-OH is 2. The molecule has 20 heteroatoms. The highest BCUT2D eigenvalue weighted by molar-refractivity contribution is 5.24. The largest absolute Gasteiger partial charge is 0.393 e. The van der Waals surface area contributed by atoms with Gasteiger partial charge in [-0.1, -0.05) is 24.1 Å². The lowest BCUT2D eigenvalue weighted by Gasteiger charge is -2.29. The Morgan fingerprint density at radius 3 is 1.86 bits per heavy atom. The van der Waals surface area contributed by atoms with Crippen molar-refractivity contribution in [2.75, 3.05) is 31.2 Å². The number of aliphatic hydroxyl groups is 2. The van der Waals surface area contributed by atoms with Gasteiger partial charge in [-0.3, -0.25) is 9.13 Å². The van der Waals surface area contributed by atoms with Crippen molar-refractivity contribution < 1.29 is 28.5 Å². The van der Waals surface area contributed by atoms with Crippen LogP contribution < -0.4 is 22.8 Å². The average Bonchev–Trinajstić information content (AvgIpc) is 3.36. The van der Waals surface area contributed by atoms with Gasteiger partial charge in [0, 0.05) is 28.1 Å². The molecule has 2 aromatic heterocycles. The second kappa shape index (κ2) is 13.1. The maximum absolute atomic E-state index is 14.6. The summed E-state index contributed by atoms with van der Waals surface area (Å²) in [5.74, 6) is -0.510. The Morgan fingerprint density at radius 2 is 1.43 bits per heavy atom. The molecule has 0 bridgehead atoms. The smallest absolute Gasteiger partial charge is 0.351 e. The fraction of sp³-hybridized carbons (Fsp3) is 0.636. The number of nitrogens with zero attached hydrogens (tertiary/aromatic N) is 10. The lowest BCUT2D eigenvalue weighted by molar-refractivity contribution is -0.122. The Labute approximate surface area is 235 Å². The Bertz CT molecular complexity index is 1370. The third kappa shape index (κ3) is 6.13. The van der Waals surface area contributed by atoms with Crippen molar-refractivity contribution in [3.63, 3.8) is 0 Å². The SMILES string of the molecule is CC[C@@]1(CN=[N+]=[N-])O[C@@H](n2ccc(N)nc2=O)[C@@H](F)[C@@H]1C.[N-]=[N+]=NC[C@]1(CO)O[C@@H](n2ccc(N)nc2=O)[C@@H](F)[C@@H]1O. The number of hydrogen-bond acceptors (Lipinski definition) is 12. The monoisotopic (exact) mass is 596 g/mol. The number of hydrogen-bond donors (Lipinski definition) is 4. The number of ether oxygens (including phenoxy) is 2. The number of aromatic nitrogens is 4. The molecular weight excluding hydrogens is 566 g/mol. The second-order valence-corrected chi connectivity index (χ2v) is 9.64. The standard InChI is InChI=1S/C12H17FN6O2.C10H13FN6O4/c1-3-12(6-16-18-15)7(2)9(13)10(21-12)19-5-4-8(14)17-11(19)20;11-6-7(19)10(4-18,3-14-16-13)21-8(6)17-2-1-5(12)15-9(17)20/h4-5,7,9-10H,3,6H2,1-2H3,(H2,14,17,20);1-2,6-8,18-19H,3-4H2,(H2,12,15,20)/t7-,9-,10+,12-;6-,7-,8+,10+/m00/s1. The van der Waals surface area contributed by atoms with Gasteiger partial charge < -0.3 is 31.2 Å². The highest BCUT2D eigenvalue weighted by Crippen LogP contribution is 2.45. The first-order valence-electron chi connectivity index (χ1n) is 12.5. The van der Waals surface area contributed by atoms with Crippen LogP contribution in [0.2, 0.25) is 0 Å². The van der Waals surface area contributed by atoms with Crippen LogP contribution in [0.4, 0.5) is 20.4 Å². The van der Waals surface area contributed by atoms with E-state index in [4.69, 9.17) is 32.0 Å². The Kier molecular flexibility index (Phi) is 10.1. The molecule has 2 aliphatic rings. The minimum absolute atomic E-state index is 0.00916. The van der Waals surface area contributed by atoms with Crippen molar-refractivity contribution in [1.29, 1.82) is 0 Å². The third-order valence-corrected chi connectivity index (χ3v) is 7.32. The number of nitrogen functional groups attached to an aromatic ring is 2. The van der Waals surface area contributed by atoms with Gasteiger partial charge in [-0.05, 0) is 29.6 Å². The molecule has 0 unspecified atom stereocenters. The number of azide groups is 2. The van der Waals surface area contributed by atoms with Crippen molar-refractivity contribution in [2.24, 2.45) is 16.1 Å². The number of alkyl halides is 2. The molecule has 2 fully saturated rings. The summed E-state index contributed by atoms with van der Waals surface area (Å²) in [5.41, 5.74) is 23.2. The minimum atomic E-state index is -2.02. The van der Waals surface area contributed by atoms with E-state index in [1.54, 1.807) is 6.92 Å². The summed E-state index contributed by atoms with van der Waals surface area (Å²) in [7, 11) is 0. The lowest BCUT2D eigenvalue weighted by atomic mass is 9.85. The van der Waals surface area contributed by atoms with E-state index in [0.717, 1.165) is 15.3 Å². The summed E-state index contributed by atoms with van der Waals surface area (Å²) < 4.78 is 41.7. The first-order valence-corrected chi connectivity index (χ1v) is 12.5. The quantitative estimate of drug-likeness (QED) is 0.189. The molecule has 2 saturated heterocycles. The molecule has 228 valence electrons. The van der Waals surface area contributed by atoms with E-state index in [-0.39, 0.29) is 18.2 Å². The zero-order valence-electron chi connectivity index (χ0n) is 22.5. The molecule has 0 saturated carbocycles. The van der Waals surface area contributed by atoms with Gasteiger partial charge in [0.2, 0.25) is 0 Å². The highest BCUT2D eigenvalue weighted by atomic mass is 19.1. The molecule has 4 heterocycles. The van der Waals surface area contributed by atoms with E-state index in [2.05, 4.69) is 30.0 Å². The van der Waals surface area contributed by atoms with Crippen LogP contribution in [0.5, 0.6) is 0 Å². The normalized spacial score (nSPS) is 31.9. The average molecular weight is 597 g/mol. The topological polar surface area (TPSA) is 278 Å². The highest BCUT2D eigenvalue weighted by Gasteiger charge is 2.56. The summed E-state index contributed by atoms with van der Waals surface area (Å²) in [6.45, 7) is 2.23. The van der Waals surface area contributed by atoms with Crippen molar-refractivity contribution in [3.8, 4) is 0 Å². The molecule has 2 aromatic rings. The molecule has 0 spiro atoms. The van der Waals surface area contributed by atoms with Gasteiger partial charge in [-0.2, -0.15) is 9.97 Å². The summed E-state index contributed by atoms with van der Waals surface area (Å²) in [6.07, 6.45) is -4.85. The van der Waals surface area contributed by atoms with Crippen LogP contribution in [0.1, 0.15) is 32.7 Å². The lowest BCUT2D eigenvalue weighted by Crippen LogP contribution is -2.48. The molecule has 6 N–H and O–H groups in total. The van der Waals surface area contributed by atoms with E-state index in [1.807, 2.05) is 6.92 Å². The molecular formula is C22H30F2N12O6. The molecule has 42 heavy (non-hydrogen) atoms. The van der Waals surface area contributed by atoms with Crippen molar-refractivity contribution in [2.45, 2.75) is 62.4 Å². The predicted octanol–water partition coefficient (Wildman–Crippen LogP) is 0.882. The summed E-state index contributed by atoms with van der Waals surface area (Å²) in [5, 5.41) is 26.0. The summed E-state index contributed by atoms with van der Waals surface area (Å²) >= 11 is 0. The summed E-state index contributed by atoms with van der Waals surface area (Å²) in [4.78, 5) is 35.7. The first-order chi connectivity index (χ1) is 19.9. The van der Waals surface area contributed by atoms with Crippen molar-refractivity contribution in [1.82, 2.24) is 19.1 Å². The van der Waals surface area contributed by atoms with Crippen LogP contribution >= 0.6 is 0 Å². The fourth-order valence-electron chi connectivity index (χ4n) is 4.74. The molecule has 0 aromatic carbocycles. The molecule has 0 amide bonds. The zero-order chi connectivity index (χ0) is 31.2. The number of halogens is 2. The van der Waals surface area contributed by atoms with Gasteiger partial charge in [-0.15, -0.1) is 0 Å². The second-order valence-electron chi connectivity index (χ2n) is 9.64. The van der Waals surface area contributed by atoms with Gasteiger partial charge in [-0.25, -0.2) is 18.4 Å². The number of anilines is 2. The molecule has 18 nitrogen and oxygen atoms in total. The van der Waals surface area contributed by atoms with E-state index in [9.17, 15) is 28.6 Å². The van der Waals surface area contributed by atoms with Crippen LogP contribution in [-0.4, -0.2) is 78.7 Å². The Balaban J connectivity index is 0.000000230. The van der Waals surface area contributed by atoms with Gasteiger partial charge >= 0.3 is 11.4 Å². The van der Waals surface area contributed by atoms with Gasteiger partial charge in [0.25, 0.3) is 0 Å². The van der Waals surface area contributed by atoms with Gasteiger partial charge in [0.1, 0.15) is 23.3 Å². The third-order valence-electron chi connectivity index (χ3n) is 7.32. The van der Waals surface area contributed by atoms with E-state index in [0.29, 0.717) is 6.42 Å². The van der Waals surface area contributed by atoms with E-state index >= 15 is 0 Å². The van der Waals surface area contributed by atoms with Crippen LogP contribution in [0, 0.1) is 5.92 Å². The molecule has 4 rings (SSSR count). The molecule has 2 aliphatic heterocycles. The molecule has 0 radical (unpaired) electrons. The molecule has 0 aliphatic carbocycles. The maximum Gasteiger partial charge on any atom is 0.351 e. The van der Waals surface area contributed by atoms with Crippen LogP contribution in [0.15, 0.2) is 44.3 Å². The number of nitrogens with two attached hydrogens (primary N) is 2. The van der Waals surface area contributed by atoms with Crippen molar-refractivity contribution in [3.05, 3.63) is 66.4 Å². The van der Waals surface area contributed by atoms with Crippen LogP contribution in [0.3, 0.4) is 0 Å². The van der Waals surface area contributed by atoms with Crippen LogP contribution in [-0.2, 0) is 9.47 Å². The maximum atomic E-state index is 14.6. The minimum Gasteiger partial charge on any atom is -0.393 e. The van der Waals surface area contributed by atoms with Crippen LogP contribution in [0.25, 0.3) is 20.9 Å². The van der Waals surface area contributed by atoms with Gasteiger partial charge in [0.05, 0.1) is 25.3 Å². The first kappa shape index (κ1) is 32.2. The predicted molar refractivity (Wildman–Crippen MR) is 142 cm³/mol. The van der Waals surface area contributed by atoms with E-state index in [1.165, 1.54) is 18.3 Å². The Hall–Kier alpha value is -4.32. The Morgan fingerprint density at radius 1 is 0.976 bits per heavy atom.